The number of carbonyl (C=O) groups is 1. The summed E-state index contributed by atoms with van der Waals surface area (Å²) in [5.74, 6) is -4.56. The maximum Gasteiger partial charge on any atom is 0.257 e. The molecule has 2 aromatic carbocycles. The molecule has 1 atom stereocenters. The van der Waals surface area contributed by atoms with Crippen LogP contribution >= 0.6 is 0 Å². The van der Waals surface area contributed by atoms with Gasteiger partial charge in [0.2, 0.25) is 0 Å². The van der Waals surface area contributed by atoms with Gasteiger partial charge in [-0.25, -0.2) is 13.2 Å². The molecule has 110 valence electrons. The van der Waals surface area contributed by atoms with Gasteiger partial charge in [-0.15, -0.1) is 0 Å². The summed E-state index contributed by atoms with van der Waals surface area (Å²) in [4.78, 5) is 11.9. The molecule has 0 spiro atoms. The van der Waals surface area contributed by atoms with E-state index in [2.05, 4.69) is 5.32 Å². The van der Waals surface area contributed by atoms with Crippen LogP contribution in [-0.4, -0.2) is 5.91 Å². The van der Waals surface area contributed by atoms with Gasteiger partial charge in [-0.05, 0) is 18.6 Å². The number of para-hydroxylation sites is 1. The summed E-state index contributed by atoms with van der Waals surface area (Å²) >= 11 is 0. The van der Waals surface area contributed by atoms with Crippen molar-refractivity contribution in [1.82, 2.24) is 5.32 Å². The van der Waals surface area contributed by atoms with Crippen LogP contribution in [0.3, 0.4) is 0 Å². The first-order valence-electron chi connectivity index (χ1n) is 6.20. The molecule has 1 amide bonds. The van der Waals surface area contributed by atoms with Crippen LogP contribution in [0, 0.1) is 17.5 Å². The van der Waals surface area contributed by atoms with Gasteiger partial charge in [-0.2, -0.15) is 0 Å². The molecule has 3 N–H and O–H groups in total. The highest BCUT2D eigenvalue weighted by Crippen LogP contribution is 2.21. The molecule has 0 saturated heterocycles. The number of carbonyl (C=O) groups excluding carboxylic acids is 1. The second kappa shape index (κ2) is 5.87. The van der Waals surface area contributed by atoms with Crippen molar-refractivity contribution in [2.75, 3.05) is 5.73 Å². The van der Waals surface area contributed by atoms with Crippen LogP contribution in [0.15, 0.2) is 36.4 Å². The van der Waals surface area contributed by atoms with Gasteiger partial charge in [0.15, 0.2) is 0 Å². The lowest BCUT2D eigenvalue weighted by Gasteiger charge is -2.16. The van der Waals surface area contributed by atoms with Gasteiger partial charge in [-0.1, -0.05) is 18.2 Å². The van der Waals surface area contributed by atoms with Gasteiger partial charge >= 0.3 is 0 Å². The first-order valence-corrected chi connectivity index (χ1v) is 6.20. The number of hydrogen-bond donors (Lipinski definition) is 2. The van der Waals surface area contributed by atoms with Crippen LogP contribution in [-0.2, 0) is 0 Å². The van der Waals surface area contributed by atoms with Gasteiger partial charge in [0.05, 0.1) is 6.04 Å². The fraction of sp³-hybridized carbons (Fsp3) is 0.133. The van der Waals surface area contributed by atoms with Crippen molar-refractivity contribution in [3.05, 3.63) is 65.0 Å². The van der Waals surface area contributed by atoms with Gasteiger partial charge in [-0.3, -0.25) is 4.79 Å². The summed E-state index contributed by atoms with van der Waals surface area (Å²) in [6, 6.07) is 7.16. The topological polar surface area (TPSA) is 55.1 Å². The molecule has 0 aliphatic carbocycles. The monoisotopic (exact) mass is 294 g/mol. The lowest BCUT2D eigenvalue weighted by atomic mass is 10.1. The zero-order valence-corrected chi connectivity index (χ0v) is 11.2. The average Bonchev–Trinajstić information content (AvgIpc) is 2.37. The summed E-state index contributed by atoms with van der Waals surface area (Å²) in [7, 11) is 0. The summed E-state index contributed by atoms with van der Waals surface area (Å²) < 4.78 is 39.9. The number of nitrogens with two attached hydrogens (primary N) is 1. The molecule has 2 rings (SSSR count). The van der Waals surface area contributed by atoms with E-state index in [1.807, 2.05) is 0 Å². The molecule has 0 bridgehead atoms. The average molecular weight is 294 g/mol. The number of nitrogens with one attached hydrogen (secondary N) is 1. The van der Waals surface area contributed by atoms with Crippen LogP contribution in [0.5, 0.6) is 0 Å². The Morgan fingerprint density at radius 1 is 1.14 bits per heavy atom. The van der Waals surface area contributed by atoms with Crippen molar-refractivity contribution >= 4 is 11.6 Å². The molecule has 1 unspecified atom stereocenters. The smallest absolute Gasteiger partial charge is 0.257 e. The second-order valence-electron chi connectivity index (χ2n) is 4.57. The highest BCUT2D eigenvalue weighted by Gasteiger charge is 2.21. The molecule has 0 saturated carbocycles. The van der Waals surface area contributed by atoms with Crippen molar-refractivity contribution in [3.8, 4) is 0 Å². The van der Waals surface area contributed by atoms with Gasteiger partial charge in [0.25, 0.3) is 5.91 Å². The third-order valence-electron chi connectivity index (χ3n) is 3.04. The Labute approximate surface area is 119 Å². The molecule has 3 nitrogen and oxygen atoms in total. The molecule has 21 heavy (non-hydrogen) atoms. The number of nitrogen functional groups attached to an aromatic ring is 1. The van der Waals surface area contributed by atoms with Gasteiger partial charge in [0, 0.05) is 17.8 Å². The van der Waals surface area contributed by atoms with E-state index in [1.165, 1.54) is 0 Å². The number of amides is 1. The van der Waals surface area contributed by atoms with E-state index >= 15 is 0 Å². The van der Waals surface area contributed by atoms with Crippen molar-refractivity contribution in [2.45, 2.75) is 13.0 Å². The molecule has 0 aliphatic heterocycles. The Morgan fingerprint density at radius 2 is 1.71 bits per heavy atom. The summed E-state index contributed by atoms with van der Waals surface area (Å²) in [5.41, 5.74) is 6.01. The Kier molecular flexibility index (Phi) is 4.16. The standard InChI is InChI=1S/C15H13F3N2O/c1-8(10-4-2-3-5-13(10)19)20-15(21)14-11(17)6-9(16)7-12(14)18/h2-8H,19H2,1H3,(H,20,21). The SMILES string of the molecule is CC(NC(=O)c1c(F)cc(F)cc1F)c1ccccc1N. The number of halogens is 3. The Hall–Kier alpha value is -2.50. The van der Waals surface area contributed by atoms with Gasteiger partial charge < -0.3 is 11.1 Å². The van der Waals surface area contributed by atoms with E-state index in [1.54, 1.807) is 31.2 Å². The lowest BCUT2D eigenvalue weighted by Crippen LogP contribution is -2.29. The van der Waals surface area contributed by atoms with Crippen LogP contribution in [0.25, 0.3) is 0 Å². The number of benzene rings is 2. The molecular weight excluding hydrogens is 281 g/mol. The summed E-state index contributed by atoms with van der Waals surface area (Å²) in [6.07, 6.45) is 0. The maximum absolute atomic E-state index is 13.5. The van der Waals surface area contributed by atoms with E-state index in [0.29, 0.717) is 23.4 Å². The third-order valence-corrected chi connectivity index (χ3v) is 3.04. The molecule has 0 fully saturated rings. The first kappa shape index (κ1) is 14.9. The Morgan fingerprint density at radius 3 is 2.29 bits per heavy atom. The second-order valence-corrected chi connectivity index (χ2v) is 4.57. The van der Waals surface area contributed by atoms with Crippen molar-refractivity contribution in [2.24, 2.45) is 0 Å². The maximum atomic E-state index is 13.5. The molecule has 6 heteroatoms. The largest absolute Gasteiger partial charge is 0.398 e. The van der Waals surface area contributed by atoms with Crippen LogP contribution < -0.4 is 11.1 Å². The highest BCUT2D eigenvalue weighted by atomic mass is 19.1. The zero-order chi connectivity index (χ0) is 15.6. The van der Waals surface area contributed by atoms with Crippen molar-refractivity contribution < 1.29 is 18.0 Å². The predicted octanol–water partition coefficient (Wildman–Crippen LogP) is 3.18. The third kappa shape index (κ3) is 3.16. The number of rotatable bonds is 3. The Bertz CT molecular complexity index is 665. The summed E-state index contributed by atoms with van der Waals surface area (Å²) in [5, 5.41) is 2.43. The fourth-order valence-corrected chi connectivity index (χ4v) is 2.01. The lowest BCUT2D eigenvalue weighted by molar-refractivity contribution is 0.0931. The van der Waals surface area contributed by atoms with Crippen molar-refractivity contribution in [1.29, 1.82) is 0 Å². The minimum absolute atomic E-state index is 0.449. The van der Waals surface area contributed by atoms with Crippen LogP contribution in [0.2, 0.25) is 0 Å². The molecular formula is C15H13F3N2O. The minimum Gasteiger partial charge on any atom is -0.398 e. The van der Waals surface area contributed by atoms with E-state index in [9.17, 15) is 18.0 Å². The quantitative estimate of drug-likeness (QED) is 0.854. The minimum atomic E-state index is -1.25. The fourth-order valence-electron chi connectivity index (χ4n) is 2.01. The molecule has 0 aromatic heterocycles. The molecule has 0 heterocycles. The normalized spacial score (nSPS) is 12.0. The zero-order valence-electron chi connectivity index (χ0n) is 11.2. The Balaban J connectivity index is 2.25. The summed E-state index contributed by atoms with van der Waals surface area (Å²) in [6.45, 7) is 1.63. The highest BCUT2D eigenvalue weighted by molar-refractivity contribution is 5.95. The van der Waals surface area contributed by atoms with Crippen LogP contribution in [0.4, 0.5) is 18.9 Å². The molecule has 0 radical (unpaired) electrons. The first-order chi connectivity index (χ1) is 9.90. The number of hydrogen-bond acceptors (Lipinski definition) is 2. The van der Waals surface area contributed by atoms with Gasteiger partial charge in [0.1, 0.15) is 23.0 Å². The van der Waals surface area contributed by atoms with E-state index in [-0.39, 0.29) is 0 Å². The van der Waals surface area contributed by atoms with Crippen molar-refractivity contribution in [3.63, 3.8) is 0 Å². The predicted molar refractivity (Wildman–Crippen MR) is 73.1 cm³/mol. The van der Waals surface area contributed by atoms with E-state index in [0.717, 1.165) is 0 Å². The van der Waals surface area contributed by atoms with E-state index < -0.39 is 35.0 Å². The van der Waals surface area contributed by atoms with Crippen LogP contribution in [0.1, 0.15) is 28.9 Å². The van der Waals surface area contributed by atoms with E-state index in [4.69, 9.17) is 5.73 Å². The molecule has 2 aromatic rings. The molecule has 0 aliphatic rings. The number of anilines is 1.